The molecule has 94 valence electrons. The van der Waals surface area contributed by atoms with E-state index in [1.165, 1.54) is 38.8 Å². The molecule has 0 spiro atoms. The molecule has 17 heavy (non-hydrogen) atoms. The van der Waals surface area contributed by atoms with Gasteiger partial charge in [-0.25, -0.2) is 0 Å². The van der Waals surface area contributed by atoms with E-state index in [2.05, 4.69) is 17.5 Å². The molecule has 6 unspecified atom stereocenters. The zero-order chi connectivity index (χ0) is 11.2. The quantitative estimate of drug-likeness (QED) is 0.733. The topological polar surface area (TPSA) is 12.0 Å². The monoisotopic (exact) mass is 231 g/mol. The van der Waals surface area contributed by atoms with Gasteiger partial charge in [-0.1, -0.05) is 18.6 Å². The number of hydrogen-bond donors (Lipinski definition) is 1. The van der Waals surface area contributed by atoms with Gasteiger partial charge in [0.25, 0.3) is 0 Å². The minimum atomic E-state index is 0.924. The third-order valence-corrected chi connectivity index (χ3v) is 6.11. The van der Waals surface area contributed by atoms with Gasteiger partial charge in [0, 0.05) is 0 Å². The minimum Gasteiger partial charge on any atom is -0.316 e. The molecule has 4 bridgehead atoms. The summed E-state index contributed by atoms with van der Waals surface area (Å²) in [6, 6.07) is 0. The fraction of sp³-hybridized carbons (Fsp3) is 0.875. The lowest BCUT2D eigenvalue weighted by Gasteiger charge is -2.24. The zero-order valence-corrected chi connectivity index (χ0v) is 10.8. The Morgan fingerprint density at radius 3 is 2.47 bits per heavy atom. The molecule has 0 heterocycles. The van der Waals surface area contributed by atoms with Crippen LogP contribution in [0.15, 0.2) is 12.2 Å². The SMILES string of the molecule is C1=CC2CC1CC2CNCC1CC2CCC1C2. The number of nitrogens with one attached hydrogen (secondary N) is 1. The number of hydrogen-bond acceptors (Lipinski definition) is 1. The normalized spacial score (nSPS) is 50.6. The molecule has 1 nitrogen and oxygen atoms in total. The van der Waals surface area contributed by atoms with Crippen LogP contribution in [-0.4, -0.2) is 13.1 Å². The molecule has 0 aromatic rings. The Morgan fingerprint density at radius 1 is 0.882 bits per heavy atom. The van der Waals surface area contributed by atoms with Crippen LogP contribution in [0.3, 0.4) is 0 Å². The van der Waals surface area contributed by atoms with Crippen molar-refractivity contribution in [1.82, 2.24) is 5.32 Å². The van der Waals surface area contributed by atoms with Gasteiger partial charge in [0.1, 0.15) is 0 Å². The van der Waals surface area contributed by atoms with Crippen molar-refractivity contribution in [1.29, 1.82) is 0 Å². The van der Waals surface area contributed by atoms with Gasteiger partial charge in [-0.15, -0.1) is 0 Å². The van der Waals surface area contributed by atoms with E-state index in [1.54, 1.807) is 12.8 Å². The molecule has 1 heteroatoms. The van der Waals surface area contributed by atoms with Gasteiger partial charge in [0.15, 0.2) is 0 Å². The van der Waals surface area contributed by atoms with Gasteiger partial charge < -0.3 is 5.32 Å². The van der Waals surface area contributed by atoms with Crippen LogP contribution in [0, 0.1) is 35.5 Å². The molecule has 0 aromatic carbocycles. The maximum absolute atomic E-state index is 3.81. The standard InChI is InChI=1S/C16H25N/c1-3-13-5-11(1)7-15(13)9-17-10-16-8-12-2-4-14(16)6-12/h1,3,11-17H,2,4-10H2. The smallest absolute Gasteiger partial charge is 0.00146 e. The van der Waals surface area contributed by atoms with Gasteiger partial charge >= 0.3 is 0 Å². The first-order chi connectivity index (χ1) is 8.38. The predicted octanol–water partition coefficient (Wildman–Crippen LogP) is 3.22. The third-order valence-electron chi connectivity index (χ3n) is 6.11. The van der Waals surface area contributed by atoms with Crippen molar-refractivity contribution in [3.8, 4) is 0 Å². The molecule has 6 atom stereocenters. The lowest BCUT2D eigenvalue weighted by Crippen LogP contribution is -2.31. The molecule has 0 saturated heterocycles. The highest BCUT2D eigenvalue weighted by molar-refractivity contribution is 5.10. The van der Waals surface area contributed by atoms with Crippen LogP contribution in [0.2, 0.25) is 0 Å². The molecular formula is C16H25N. The van der Waals surface area contributed by atoms with E-state index in [4.69, 9.17) is 0 Å². The van der Waals surface area contributed by atoms with Crippen LogP contribution in [0.25, 0.3) is 0 Å². The lowest BCUT2D eigenvalue weighted by molar-refractivity contribution is 0.304. The zero-order valence-electron chi connectivity index (χ0n) is 10.8. The van der Waals surface area contributed by atoms with E-state index < -0.39 is 0 Å². The van der Waals surface area contributed by atoms with E-state index in [-0.39, 0.29) is 0 Å². The predicted molar refractivity (Wildman–Crippen MR) is 70.7 cm³/mol. The molecule has 0 aromatic heterocycles. The number of fused-ring (bicyclic) bond motifs is 4. The summed E-state index contributed by atoms with van der Waals surface area (Å²) in [4.78, 5) is 0. The van der Waals surface area contributed by atoms with Crippen LogP contribution < -0.4 is 5.32 Å². The largest absolute Gasteiger partial charge is 0.316 e. The Morgan fingerprint density at radius 2 is 1.82 bits per heavy atom. The van der Waals surface area contributed by atoms with Crippen molar-refractivity contribution >= 4 is 0 Å². The molecular weight excluding hydrogens is 206 g/mol. The maximum atomic E-state index is 3.81. The van der Waals surface area contributed by atoms with Crippen molar-refractivity contribution in [3.63, 3.8) is 0 Å². The Kier molecular flexibility index (Phi) is 2.57. The molecule has 0 aliphatic heterocycles. The van der Waals surface area contributed by atoms with Gasteiger partial charge in [0.05, 0.1) is 0 Å². The van der Waals surface area contributed by atoms with Crippen molar-refractivity contribution in [2.24, 2.45) is 35.5 Å². The van der Waals surface area contributed by atoms with Crippen molar-refractivity contribution in [3.05, 3.63) is 12.2 Å². The summed E-state index contributed by atoms with van der Waals surface area (Å²) < 4.78 is 0. The second kappa shape index (κ2) is 4.12. The fourth-order valence-corrected chi connectivity index (χ4v) is 5.21. The first kappa shape index (κ1) is 10.6. The second-order valence-corrected chi connectivity index (χ2v) is 7.13. The highest BCUT2D eigenvalue weighted by atomic mass is 14.9. The molecule has 4 rings (SSSR count). The number of allylic oxidation sites excluding steroid dienone is 2. The summed E-state index contributed by atoms with van der Waals surface area (Å²) in [6.45, 7) is 2.61. The Balaban J connectivity index is 1.23. The summed E-state index contributed by atoms with van der Waals surface area (Å²) in [5.74, 6) is 6.05. The van der Waals surface area contributed by atoms with Gasteiger partial charge in [-0.2, -0.15) is 0 Å². The maximum Gasteiger partial charge on any atom is -0.00146 e. The summed E-state index contributed by atoms with van der Waals surface area (Å²) in [6.07, 6.45) is 14.0. The lowest BCUT2D eigenvalue weighted by atomic mass is 9.88. The Labute approximate surface area is 105 Å². The summed E-state index contributed by atoms with van der Waals surface area (Å²) in [7, 11) is 0. The van der Waals surface area contributed by atoms with Crippen LogP contribution in [0.1, 0.15) is 38.5 Å². The van der Waals surface area contributed by atoms with Crippen LogP contribution >= 0.6 is 0 Å². The first-order valence-corrected chi connectivity index (χ1v) is 7.77. The molecule has 1 N–H and O–H groups in total. The van der Waals surface area contributed by atoms with Gasteiger partial charge in [0.2, 0.25) is 0 Å². The third kappa shape index (κ3) is 1.87. The molecule has 3 saturated carbocycles. The first-order valence-electron chi connectivity index (χ1n) is 7.77. The molecule has 3 fully saturated rings. The minimum absolute atomic E-state index is 0.924. The van der Waals surface area contributed by atoms with E-state index in [0.717, 1.165) is 35.5 Å². The summed E-state index contributed by atoms with van der Waals surface area (Å²) in [5, 5.41) is 3.81. The Hall–Kier alpha value is -0.300. The molecule has 4 aliphatic rings. The summed E-state index contributed by atoms with van der Waals surface area (Å²) >= 11 is 0. The number of rotatable bonds is 4. The highest BCUT2D eigenvalue weighted by Gasteiger charge is 2.39. The van der Waals surface area contributed by atoms with Crippen molar-refractivity contribution in [2.75, 3.05) is 13.1 Å². The second-order valence-electron chi connectivity index (χ2n) is 7.13. The van der Waals surface area contributed by atoms with Crippen molar-refractivity contribution < 1.29 is 0 Å². The Bertz CT molecular complexity index is 321. The molecule has 0 radical (unpaired) electrons. The highest BCUT2D eigenvalue weighted by Crippen LogP contribution is 2.48. The molecule has 4 aliphatic carbocycles. The van der Waals surface area contributed by atoms with Gasteiger partial charge in [-0.05, 0) is 80.7 Å². The van der Waals surface area contributed by atoms with Crippen molar-refractivity contribution in [2.45, 2.75) is 38.5 Å². The van der Waals surface area contributed by atoms with E-state index in [1.807, 2.05) is 0 Å². The van der Waals surface area contributed by atoms with Crippen LogP contribution in [0.4, 0.5) is 0 Å². The van der Waals surface area contributed by atoms with Gasteiger partial charge in [-0.3, -0.25) is 0 Å². The average molecular weight is 231 g/mol. The van der Waals surface area contributed by atoms with Crippen LogP contribution in [0.5, 0.6) is 0 Å². The summed E-state index contributed by atoms with van der Waals surface area (Å²) in [5.41, 5.74) is 0. The fourth-order valence-electron chi connectivity index (χ4n) is 5.21. The van der Waals surface area contributed by atoms with E-state index >= 15 is 0 Å². The van der Waals surface area contributed by atoms with Crippen LogP contribution in [-0.2, 0) is 0 Å². The molecule has 0 amide bonds. The van der Waals surface area contributed by atoms with E-state index in [0.29, 0.717) is 0 Å². The van der Waals surface area contributed by atoms with E-state index in [9.17, 15) is 0 Å². The average Bonchev–Trinajstić information content (AvgIpc) is 3.09.